The molecule has 21 heavy (non-hydrogen) atoms. The Morgan fingerprint density at radius 2 is 1.24 bits per heavy atom. The molecular formula is C19H34O2. The molecule has 122 valence electrons. The van der Waals surface area contributed by atoms with E-state index in [2.05, 4.69) is 23.8 Å². The monoisotopic (exact) mass is 294 g/mol. The van der Waals surface area contributed by atoms with E-state index in [9.17, 15) is 4.79 Å². The first-order chi connectivity index (χ1) is 10.3. The van der Waals surface area contributed by atoms with E-state index in [1.807, 2.05) is 6.08 Å². The molecule has 0 fully saturated rings. The standard InChI is InChI=1S/C19H34O2/c1-3-4-5-6-7-8-9-10-11-12-13-14-15-16-17-18-19(20)21-2/h7-8,17-18H,3-6,9-16H2,1-2H3/b8-7?,18-17+. The first-order valence-corrected chi connectivity index (χ1v) is 8.70. The van der Waals surface area contributed by atoms with E-state index in [-0.39, 0.29) is 5.97 Å². The maximum atomic E-state index is 10.8. The van der Waals surface area contributed by atoms with Gasteiger partial charge in [-0.15, -0.1) is 0 Å². The fourth-order valence-corrected chi connectivity index (χ4v) is 2.23. The molecule has 0 aliphatic carbocycles. The third-order valence-corrected chi connectivity index (χ3v) is 3.59. The molecule has 0 saturated carbocycles. The smallest absolute Gasteiger partial charge is 0.330 e. The van der Waals surface area contributed by atoms with Crippen LogP contribution in [-0.4, -0.2) is 13.1 Å². The summed E-state index contributed by atoms with van der Waals surface area (Å²) in [5.74, 6) is -0.252. The zero-order valence-corrected chi connectivity index (χ0v) is 14.1. The lowest BCUT2D eigenvalue weighted by Crippen LogP contribution is -1.93. The summed E-state index contributed by atoms with van der Waals surface area (Å²) in [6, 6.07) is 0. The third kappa shape index (κ3) is 16.9. The molecule has 0 aromatic heterocycles. The molecule has 2 heteroatoms. The Morgan fingerprint density at radius 1 is 0.762 bits per heavy atom. The molecule has 0 heterocycles. The molecular weight excluding hydrogens is 260 g/mol. The van der Waals surface area contributed by atoms with Crippen LogP contribution in [0, 0.1) is 0 Å². The van der Waals surface area contributed by atoms with Gasteiger partial charge in [0.15, 0.2) is 0 Å². The van der Waals surface area contributed by atoms with Gasteiger partial charge in [-0.05, 0) is 38.5 Å². The molecule has 0 N–H and O–H groups in total. The lowest BCUT2D eigenvalue weighted by atomic mass is 10.1. The predicted octanol–water partition coefficient (Wildman–Crippen LogP) is 5.97. The van der Waals surface area contributed by atoms with Gasteiger partial charge in [0, 0.05) is 6.08 Å². The van der Waals surface area contributed by atoms with Gasteiger partial charge in [-0.2, -0.15) is 0 Å². The van der Waals surface area contributed by atoms with Crippen molar-refractivity contribution in [2.24, 2.45) is 0 Å². The number of esters is 1. The van der Waals surface area contributed by atoms with Gasteiger partial charge in [0.1, 0.15) is 0 Å². The number of rotatable bonds is 14. The van der Waals surface area contributed by atoms with E-state index in [4.69, 9.17) is 0 Å². The highest BCUT2D eigenvalue weighted by Crippen LogP contribution is 2.09. The molecule has 0 saturated heterocycles. The predicted molar refractivity (Wildman–Crippen MR) is 91.4 cm³/mol. The number of carbonyl (C=O) groups excluding carboxylic acids is 1. The van der Waals surface area contributed by atoms with E-state index in [1.165, 1.54) is 83.8 Å². The maximum absolute atomic E-state index is 10.8. The fourth-order valence-electron chi connectivity index (χ4n) is 2.23. The van der Waals surface area contributed by atoms with Gasteiger partial charge >= 0.3 is 5.97 Å². The Bertz CT molecular complexity index is 279. The highest BCUT2D eigenvalue weighted by molar-refractivity contribution is 5.81. The van der Waals surface area contributed by atoms with Gasteiger partial charge in [-0.3, -0.25) is 0 Å². The highest BCUT2D eigenvalue weighted by atomic mass is 16.5. The number of hydrogen-bond donors (Lipinski definition) is 0. The van der Waals surface area contributed by atoms with Crippen molar-refractivity contribution in [3.63, 3.8) is 0 Å². The van der Waals surface area contributed by atoms with Gasteiger partial charge in [-0.1, -0.05) is 63.7 Å². The second-order valence-electron chi connectivity index (χ2n) is 5.59. The lowest BCUT2D eigenvalue weighted by molar-refractivity contribution is -0.134. The minimum atomic E-state index is -0.252. The summed E-state index contributed by atoms with van der Waals surface area (Å²) >= 11 is 0. The minimum Gasteiger partial charge on any atom is -0.466 e. The fraction of sp³-hybridized carbons (Fsp3) is 0.737. The minimum absolute atomic E-state index is 0.252. The Balaban J connectivity index is 3.15. The molecule has 0 aromatic rings. The molecule has 0 aliphatic heterocycles. The average molecular weight is 294 g/mol. The average Bonchev–Trinajstić information content (AvgIpc) is 2.50. The molecule has 0 radical (unpaired) electrons. The van der Waals surface area contributed by atoms with Crippen molar-refractivity contribution in [1.82, 2.24) is 0 Å². The summed E-state index contributed by atoms with van der Waals surface area (Å²) in [5, 5.41) is 0. The number of hydrogen-bond acceptors (Lipinski definition) is 2. The van der Waals surface area contributed by atoms with Crippen molar-refractivity contribution in [2.75, 3.05) is 7.11 Å². The zero-order valence-electron chi connectivity index (χ0n) is 14.1. The normalized spacial score (nSPS) is 11.5. The molecule has 2 nitrogen and oxygen atoms in total. The molecule has 0 atom stereocenters. The van der Waals surface area contributed by atoms with E-state index in [0.717, 1.165) is 6.42 Å². The van der Waals surface area contributed by atoms with Crippen LogP contribution in [0.4, 0.5) is 0 Å². The van der Waals surface area contributed by atoms with Crippen molar-refractivity contribution in [3.05, 3.63) is 24.3 Å². The number of methoxy groups -OCH3 is 1. The molecule has 0 bridgehead atoms. The van der Waals surface area contributed by atoms with E-state index < -0.39 is 0 Å². The SMILES string of the molecule is CCCCCC=CCCCCCCCC/C=C/C(=O)OC. The molecule has 0 amide bonds. The summed E-state index contributed by atoms with van der Waals surface area (Å²) in [4.78, 5) is 10.8. The third-order valence-electron chi connectivity index (χ3n) is 3.59. The first kappa shape index (κ1) is 19.9. The summed E-state index contributed by atoms with van der Waals surface area (Å²) < 4.78 is 4.54. The number of carbonyl (C=O) groups is 1. The molecule has 0 spiro atoms. The van der Waals surface area contributed by atoms with Gasteiger partial charge in [-0.25, -0.2) is 4.79 Å². The molecule has 0 aliphatic rings. The van der Waals surface area contributed by atoms with E-state index >= 15 is 0 Å². The zero-order chi connectivity index (χ0) is 15.6. The summed E-state index contributed by atoms with van der Waals surface area (Å²) in [6.45, 7) is 2.25. The van der Waals surface area contributed by atoms with Crippen molar-refractivity contribution < 1.29 is 9.53 Å². The molecule has 0 rings (SSSR count). The highest BCUT2D eigenvalue weighted by Gasteiger charge is 1.92. The van der Waals surface area contributed by atoms with Crippen molar-refractivity contribution in [2.45, 2.75) is 84.0 Å². The van der Waals surface area contributed by atoms with Crippen LogP contribution in [0.5, 0.6) is 0 Å². The number of unbranched alkanes of at least 4 members (excludes halogenated alkanes) is 10. The van der Waals surface area contributed by atoms with Crippen LogP contribution in [0.3, 0.4) is 0 Å². The Morgan fingerprint density at radius 3 is 1.76 bits per heavy atom. The van der Waals surface area contributed by atoms with Crippen LogP contribution >= 0.6 is 0 Å². The molecule has 0 aromatic carbocycles. The second kappa shape index (κ2) is 17.0. The van der Waals surface area contributed by atoms with Crippen LogP contribution in [0.2, 0.25) is 0 Å². The Kier molecular flexibility index (Phi) is 16.2. The summed E-state index contributed by atoms with van der Waals surface area (Å²) in [6.07, 6.45) is 23.4. The van der Waals surface area contributed by atoms with Gasteiger partial charge in [0.05, 0.1) is 7.11 Å². The van der Waals surface area contributed by atoms with E-state index in [0.29, 0.717) is 0 Å². The van der Waals surface area contributed by atoms with Crippen LogP contribution in [-0.2, 0) is 9.53 Å². The molecule has 0 unspecified atom stereocenters. The summed E-state index contributed by atoms with van der Waals surface area (Å²) in [5.41, 5.74) is 0. The van der Waals surface area contributed by atoms with Gasteiger partial charge in [0.25, 0.3) is 0 Å². The van der Waals surface area contributed by atoms with Crippen LogP contribution in [0.1, 0.15) is 84.0 Å². The van der Waals surface area contributed by atoms with Crippen LogP contribution in [0.15, 0.2) is 24.3 Å². The maximum Gasteiger partial charge on any atom is 0.330 e. The van der Waals surface area contributed by atoms with Gasteiger partial charge < -0.3 is 4.74 Å². The van der Waals surface area contributed by atoms with Gasteiger partial charge in [0.2, 0.25) is 0 Å². The van der Waals surface area contributed by atoms with E-state index in [1.54, 1.807) is 0 Å². The Labute approximate surface area is 131 Å². The van der Waals surface area contributed by atoms with Crippen molar-refractivity contribution >= 4 is 5.97 Å². The lowest BCUT2D eigenvalue weighted by Gasteiger charge is -1.99. The largest absolute Gasteiger partial charge is 0.466 e. The Hall–Kier alpha value is -1.05. The second-order valence-corrected chi connectivity index (χ2v) is 5.59. The number of ether oxygens (including phenoxy) is 1. The van der Waals surface area contributed by atoms with Crippen LogP contribution < -0.4 is 0 Å². The summed E-state index contributed by atoms with van der Waals surface area (Å²) in [7, 11) is 1.41. The topological polar surface area (TPSA) is 26.3 Å². The van der Waals surface area contributed by atoms with Crippen molar-refractivity contribution in [1.29, 1.82) is 0 Å². The first-order valence-electron chi connectivity index (χ1n) is 8.70. The number of allylic oxidation sites excluding steroid dienone is 3. The van der Waals surface area contributed by atoms with Crippen LogP contribution in [0.25, 0.3) is 0 Å². The quantitative estimate of drug-likeness (QED) is 0.171. The van der Waals surface area contributed by atoms with Crippen molar-refractivity contribution in [3.8, 4) is 0 Å².